The summed E-state index contributed by atoms with van der Waals surface area (Å²) in [4.78, 5) is 17.0. The van der Waals surface area contributed by atoms with Gasteiger partial charge in [0.15, 0.2) is 6.10 Å². The summed E-state index contributed by atoms with van der Waals surface area (Å²) in [5.74, 6) is 0.0728. The van der Waals surface area contributed by atoms with Crippen LogP contribution in [-0.2, 0) is 9.63 Å². The number of hydrogen-bond acceptors (Lipinski definition) is 4. The van der Waals surface area contributed by atoms with Gasteiger partial charge in [-0.25, -0.2) is 5.06 Å². The number of nitrogens with zero attached hydrogens (tertiary/aromatic N) is 2. The number of likely N-dealkylation sites (N-methyl/N-ethyl adjacent to an activating group) is 1. The number of carbonyl (C=O) groups excluding carboxylic acids is 1. The maximum Gasteiger partial charge on any atom is 0.287 e. The second-order valence-electron chi connectivity index (χ2n) is 4.41. The minimum atomic E-state index is -0.695. The van der Waals surface area contributed by atoms with Crippen molar-refractivity contribution in [2.24, 2.45) is 5.92 Å². The van der Waals surface area contributed by atoms with Crippen LogP contribution in [0.4, 0.5) is 0 Å². The Hall–Kier alpha value is -2.06. The highest BCUT2D eigenvalue weighted by Gasteiger charge is 2.28. The van der Waals surface area contributed by atoms with E-state index in [9.17, 15) is 4.79 Å². The SMILES string of the molecule is CON(C)C(=O)C(Oc1ccccc1C#N)C(C)C. The summed E-state index contributed by atoms with van der Waals surface area (Å²) in [5, 5.41) is 10.1. The zero-order chi connectivity index (χ0) is 14.4. The fraction of sp³-hybridized carbons (Fsp3) is 0.429. The van der Waals surface area contributed by atoms with Gasteiger partial charge in [0.2, 0.25) is 0 Å². The summed E-state index contributed by atoms with van der Waals surface area (Å²) in [5.41, 5.74) is 0.404. The third kappa shape index (κ3) is 3.70. The molecular weight excluding hydrogens is 244 g/mol. The van der Waals surface area contributed by atoms with E-state index in [1.54, 1.807) is 24.3 Å². The standard InChI is InChI=1S/C14H18N2O3/c1-10(2)13(14(17)16(3)18-4)19-12-8-6-5-7-11(12)9-15/h5-8,10,13H,1-4H3. The Bertz CT molecular complexity index is 480. The quantitative estimate of drug-likeness (QED) is 0.761. The van der Waals surface area contributed by atoms with Crippen molar-refractivity contribution >= 4 is 5.91 Å². The van der Waals surface area contributed by atoms with E-state index >= 15 is 0 Å². The number of nitriles is 1. The molecule has 0 aliphatic carbocycles. The molecule has 19 heavy (non-hydrogen) atoms. The molecule has 0 fully saturated rings. The molecule has 0 aromatic heterocycles. The molecule has 0 radical (unpaired) electrons. The van der Waals surface area contributed by atoms with E-state index in [1.807, 2.05) is 19.9 Å². The number of carbonyl (C=O) groups is 1. The van der Waals surface area contributed by atoms with Crippen molar-refractivity contribution < 1.29 is 14.4 Å². The highest BCUT2D eigenvalue weighted by atomic mass is 16.7. The molecular formula is C14H18N2O3. The van der Waals surface area contributed by atoms with E-state index in [0.717, 1.165) is 5.06 Å². The zero-order valence-electron chi connectivity index (χ0n) is 11.6. The van der Waals surface area contributed by atoms with E-state index in [-0.39, 0.29) is 11.8 Å². The molecule has 0 saturated heterocycles. The topological polar surface area (TPSA) is 62.6 Å². The van der Waals surface area contributed by atoms with Gasteiger partial charge in [0.05, 0.1) is 12.7 Å². The predicted molar refractivity (Wildman–Crippen MR) is 70.2 cm³/mol. The zero-order valence-corrected chi connectivity index (χ0v) is 11.6. The van der Waals surface area contributed by atoms with Crippen molar-refractivity contribution in [2.75, 3.05) is 14.2 Å². The van der Waals surface area contributed by atoms with Crippen LogP contribution in [0.3, 0.4) is 0 Å². The van der Waals surface area contributed by atoms with Crippen molar-refractivity contribution in [3.05, 3.63) is 29.8 Å². The van der Waals surface area contributed by atoms with E-state index < -0.39 is 6.10 Å². The number of para-hydroxylation sites is 1. The van der Waals surface area contributed by atoms with Crippen LogP contribution in [0.15, 0.2) is 24.3 Å². The molecule has 0 N–H and O–H groups in total. The molecule has 1 aromatic rings. The highest BCUT2D eigenvalue weighted by Crippen LogP contribution is 2.21. The first kappa shape index (κ1) is 15.0. The first-order valence-corrected chi connectivity index (χ1v) is 5.98. The Morgan fingerprint density at radius 2 is 2.00 bits per heavy atom. The molecule has 5 nitrogen and oxygen atoms in total. The Morgan fingerprint density at radius 1 is 1.37 bits per heavy atom. The van der Waals surface area contributed by atoms with Crippen LogP contribution >= 0.6 is 0 Å². The second kappa shape index (κ2) is 6.76. The fourth-order valence-corrected chi connectivity index (χ4v) is 1.54. The Labute approximate surface area is 113 Å². The van der Waals surface area contributed by atoms with Gasteiger partial charge in [0.1, 0.15) is 11.8 Å². The highest BCUT2D eigenvalue weighted by molar-refractivity contribution is 5.80. The van der Waals surface area contributed by atoms with Crippen LogP contribution in [0.25, 0.3) is 0 Å². The van der Waals surface area contributed by atoms with Gasteiger partial charge in [-0.2, -0.15) is 5.26 Å². The minimum absolute atomic E-state index is 0.0446. The van der Waals surface area contributed by atoms with Crippen LogP contribution in [-0.4, -0.2) is 31.2 Å². The summed E-state index contributed by atoms with van der Waals surface area (Å²) in [6, 6.07) is 8.88. The third-order valence-corrected chi connectivity index (χ3v) is 2.69. The van der Waals surface area contributed by atoms with Gasteiger partial charge >= 0.3 is 0 Å². The smallest absolute Gasteiger partial charge is 0.287 e. The monoisotopic (exact) mass is 262 g/mol. The molecule has 1 unspecified atom stereocenters. The predicted octanol–water partition coefficient (Wildman–Crippen LogP) is 1.98. The normalized spacial score (nSPS) is 11.8. The van der Waals surface area contributed by atoms with Gasteiger partial charge in [0, 0.05) is 7.05 Å². The van der Waals surface area contributed by atoms with Crippen LogP contribution < -0.4 is 4.74 Å². The second-order valence-corrected chi connectivity index (χ2v) is 4.41. The summed E-state index contributed by atoms with van der Waals surface area (Å²) in [7, 11) is 2.94. The Kier molecular flexibility index (Phi) is 5.34. The number of ether oxygens (including phenoxy) is 1. The lowest BCUT2D eigenvalue weighted by atomic mass is 10.1. The van der Waals surface area contributed by atoms with Crippen molar-refractivity contribution in [3.8, 4) is 11.8 Å². The van der Waals surface area contributed by atoms with Crippen LogP contribution in [0, 0.1) is 17.2 Å². The van der Waals surface area contributed by atoms with Gasteiger partial charge in [0.25, 0.3) is 5.91 Å². The van der Waals surface area contributed by atoms with Crippen LogP contribution in [0.5, 0.6) is 5.75 Å². The first-order chi connectivity index (χ1) is 9.01. The molecule has 0 saturated carbocycles. The van der Waals surface area contributed by atoms with Crippen molar-refractivity contribution in [1.29, 1.82) is 5.26 Å². The van der Waals surface area contributed by atoms with E-state index in [2.05, 4.69) is 0 Å². The molecule has 0 aliphatic heterocycles. The maximum atomic E-state index is 12.1. The summed E-state index contributed by atoms with van der Waals surface area (Å²) in [6.45, 7) is 3.75. The molecule has 1 amide bonds. The number of benzene rings is 1. The molecule has 1 aromatic carbocycles. The largest absolute Gasteiger partial charge is 0.479 e. The van der Waals surface area contributed by atoms with E-state index in [4.69, 9.17) is 14.8 Å². The summed E-state index contributed by atoms with van der Waals surface area (Å²) in [6.07, 6.45) is -0.695. The molecule has 0 bridgehead atoms. The van der Waals surface area contributed by atoms with E-state index in [0.29, 0.717) is 11.3 Å². The lowest BCUT2D eigenvalue weighted by Gasteiger charge is -2.25. The fourth-order valence-electron chi connectivity index (χ4n) is 1.54. The van der Waals surface area contributed by atoms with Crippen molar-refractivity contribution in [1.82, 2.24) is 5.06 Å². The van der Waals surface area contributed by atoms with E-state index in [1.165, 1.54) is 14.2 Å². The molecule has 5 heteroatoms. The molecule has 1 rings (SSSR count). The summed E-state index contributed by atoms with van der Waals surface area (Å²) >= 11 is 0. The molecule has 1 atom stereocenters. The van der Waals surface area contributed by atoms with Crippen molar-refractivity contribution in [3.63, 3.8) is 0 Å². The Morgan fingerprint density at radius 3 is 2.53 bits per heavy atom. The minimum Gasteiger partial charge on any atom is -0.479 e. The maximum absolute atomic E-state index is 12.1. The first-order valence-electron chi connectivity index (χ1n) is 5.98. The number of hydroxylamine groups is 2. The molecule has 0 heterocycles. The molecule has 0 aliphatic rings. The van der Waals surface area contributed by atoms with Gasteiger partial charge in [-0.15, -0.1) is 0 Å². The molecule has 0 spiro atoms. The van der Waals surface area contributed by atoms with Crippen LogP contribution in [0.2, 0.25) is 0 Å². The number of hydrogen-bond donors (Lipinski definition) is 0. The van der Waals surface area contributed by atoms with Crippen LogP contribution in [0.1, 0.15) is 19.4 Å². The van der Waals surface area contributed by atoms with Gasteiger partial charge in [-0.1, -0.05) is 26.0 Å². The third-order valence-electron chi connectivity index (χ3n) is 2.69. The summed E-state index contributed by atoms with van der Waals surface area (Å²) < 4.78 is 5.69. The lowest BCUT2D eigenvalue weighted by Crippen LogP contribution is -2.42. The number of amides is 1. The van der Waals surface area contributed by atoms with Gasteiger partial charge in [-0.3, -0.25) is 9.63 Å². The lowest BCUT2D eigenvalue weighted by molar-refractivity contribution is -0.178. The Balaban J connectivity index is 2.97. The van der Waals surface area contributed by atoms with Gasteiger partial charge < -0.3 is 4.74 Å². The number of rotatable bonds is 5. The van der Waals surface area contributed by atoms with Gasteiger partial charge in [-0.05, 0) is 18.1 Å². The van der Waals surface area contributed by atoms with Crippen molar-refractivity contribution in [2.45, 2.75) is 20.0 Å². The molecule has 102 valence electrons. The average molecular weight is 262 g/mol. The average Bonchev–Trinajstić information content (AvgIpc) is 2.43.